The van der Waals surface area contributed by atoms with Gasteiger partial charge in [-0.2, -0.15) is 15.0 Å². The van der Waals surface area contributed by atoms with Crippen molar-refractivity contribution in [1.29, 1.82) is 0 Å². The molecule has 0 aliphatic carbocycles. The van der Waals surface area contributed by atoms with Crippen LogP contribution in [0.5, 0.6) is 0 Å². The average Bonchev–Trinajstić information content (AvgIpc) is 2.52. The van der Waals surface area contributed by atoms with Gasteiger partial charge >= 0.3 is 0 Å². The van der Waals surface area contributed by atoms with E-state index in [1.165, 1.54) is 19.3 Å². The first kappa shape index (κ1) is 15.7. The van der Waals surface area contributed by atoms with Crippen molar-refractivity contribution in [3.63, 3.8) is 0 Å². The monoisotopic (exact) mass is 294 g/mol. The first-order chi connectivity index (χ1) is 10.1. The fraction of sp³-hybridized carbons (Fsp3) is 0.769. The minimum atomic E-state index is 0.384. The van der Waals surface area contributed by atoms with Crippen LogP contribution in [-0.4, -0.2) is 59.6 Å². The second kappa shape index (κ2) is 7.37. The summed E-state index contributed by atoms with van der Waals surface area (Å²) in [6.07, 6.45) is 3.63. The van der Waals surface area contributed by atoms with Gasteiger partial charge in [0.05, 0.1) is 0 Å². The van der Waals surface area contributed by atoms with Crippen LogP contribution >= 0.6 is 0 Å². The number of nitrogens with zero attached hydrogens (tertiary/aromatic N) is 5. The Kier molecular flexibility index (Phi) is 5.51. The highest BCUT2D eigenvalue weighted by atomic mass is 15.4. The van der Waals surface area contributed by atoms with Gasteiger partial charge in [0.25, 0.3) is 0 Å². The summed E-state index contributed by atoms with van der Waals surface area (Å²) in [5.41, 5.74) is 2.52. The molecule has 8 heteroatoms. The zero-order valence-electron chi connectivity index (χ0n) is 13.1. The number of aromatic nitrogens is 3. The van der Waals surface area contributed by atoms with E-state index in [-0.39, 0.29) is 0 Å². The Morgan fingerprint density at radius 1 is 1.14 bits per heavy atom. The molecule has 1 fully saturated rings. The minimum absolute atomic E-state index is 0.384. The Labute approximate surface area is 126 Å². The third-order valence-electron chi connectivity index (χ3n) is 3.83. The first-order valence-electron chi connectivity index (χ1n) is 7.48. The fourth-order valence-corrected chi connectivity index (χ4v) is 2.17. The van der Waals surface area contributed by atoms with E-state index in [0.29, 0.717) is 23.9 Å². The number of piperidine rings is 1. The molecular formula is C13H26N8. The van der Waals surface area contributed by atoms with E-state index < -0.39 is 0 Å². The quantitative estimate of drug-likeness (QED) is 0.516. The molecule has 2 heterocycles. The summed E-state index contributed by atoms with van der Waals surface area (Å²) < 4.78 is 0. The maximum atomic E-state index is 5.46. The standard InChI is InChI=1S/C13H26N8/c1-10(20(2)3)9-15-11-16-12(19-14)18-13(17-11)21-7-5-4-6-8-21/h10H,4-9,14H2,1-3H3,(H2,15,16,17,18,19). The Balaban J connectivity index is 2.09. The highest BCUT2D eigenvalue weighted by Gasteiger charge is 2.16. The lowest BCUT2D eigenvalue weighted by Gasteiger charge is -2.27. The molecule has 1 aliphatic heterocycles. The lowest BCUT2D eigenvalue weighted by Crippen LogP contribution is -2.33. The van der Waals surface area contributed by atoms with Gasteiger partial charge in [-0.15, -0.1) is 0 Å². The van der Waals surface area contributed by atoms with Gasteiger partial charge < -0.3 is 15.1 Å². The predicted molar refractivity (Wildman–Crippen MR) is 85.3 cm³/mol. The molecule has 0 radical (unpaired) electrons. The van der Waals surface area contributed by atoms with Crippen LogP contribution in [0.25, 0.3) is 0 Å². The highest BCUT2D eigenvalue weighted by molar-refractivity contribution is 5.43. The lowest BCUT2D eigenvalue weighted by atomic mass is 10.1. The summed E-state index contributed by atoms with van der Waals surface area (Å²) in [7, 11) is 4.09. The molecule has 1 aromatic rings. The van der Waals surface area contributed by atoms with Gasteiger partial charge in [-0.3, -0.25) is 5.43 Å². The van der Waals surface area contributed by atoms with Gasteiger partial charge in [-0.25, -0.2) is 5.84 Å². The Morgan fingerprint density at radius 2 is 1.81 bits per heavy atom. The number of hydrogen-bond donors (Lipinski definition) is 3. The molecular weight excluding hydrogens is 268 g/mol. The number of nitrogens with one attached hydrogen (secondary N) is 2. The van der Waals surface area contributed by atoms with E-state index in [4.69, 9.17) is 5.84 Å². The van der Waals surface area contributed by atoms with Gasteiger partial charge in [-0.1, -0.05) is 0 Å². The topological polar surface area (TPSA) is 95.2 Å². The Hall–Kier alpha value is -1.67. The summed E-state index contributed by atoms with van der Waals surface area (Å²) in [5.74, 6) is 7.11. The van der Waals surface area contributed by atoms with Crippen LogP contribution < -0.4 is 21.5 Å². The predicted octanol–water partition coefficient (Wildman–Crippen LogP) is 0.510. The van der Waals surface area contributed by atoms with Crippen LogP contribution in [0.1, 0.15) is 26.2 Å². The summed E-state index contributed by atoms with van der Waals surface area (Å²) in [6.45, 7) is 4.88. The molecule has 0 saturated carbocycles. The SMILES string of the molecule is CC(CNc1nc(NN)nc(N2CCCCC2)n1)N(C)C. The van der Waals surface area contributed by atoms with Gasteiger partial charge in [0.15, 0.2) is 0 Å². The van der Waals surface area contributed by atoms with Crippen molar-refractivity contribution in [3.8, 4) is 0 Å². The zero-order chi connectivity index (χ0) is 15.2. The smallest absolute Gasteiger partial charge is 0.243 e. The van der Waals surface area contributed by atoms with E-state index in [1.54, 1.807) is 0 Å². The number of hydrazine groups is 1. The van der Waals surface area contributed by atoms with E-state index in [0.717, 1.165) is 19.6 Å². The normalized spacial score (nSPS) is 16.9. The molecule has 2 rings (SSSR count). The van der Waals surface area contributed by atoms with Crippen LogP contribution in [0, 0.1) is 0 Å². The van der Waals surface area contributed by atoms with Crippen LogP contribution in [0.15, 0.2) is 0 Å². The van der Waals surface area contributed by atoms with Gasteiger partial charge in [0.1, 0.15) is 0 Å². The number of rotatable bonds is 6. The Morgan fingerprint density at radius 3 is 2.43 bits per heavy atom. The highest BCUT2D eigenvalue weighted by Crippen LogP contribution is 2.18. The molecule has 1 atom stereocenters. The van der Waals surface area contributed by atoms with Crippen LogP contribution in [0.2, 0.25) is 0 Å². The maximum Gasteiger partial charge on any atom is 0.243 e. The largest absolute Gasteiger partial charge is 0.352 e. The van der Waals surface area contributed by atoms with Crippen molar-refractivity contribution in [2.45, 2.75) is 32.2 Å². The third-order valence-corrected chi connectivity index (χ3v) is 3.83. The number of hydrogen-bond acceptors (Lipinski definition) is 8. The van der Waals surface area contributed by atoms with E-state index in [2.05, 4.69) is 42.4 Å². The summed E-state index contributed by atoms with van der Waals surface area (Å²) in [5, 5.41) is 3.25. The summed E-state index contributed by atoms with van der Waals surface area (Å²) in [4.78, 5) is 17.5. The number of nitrogens with two attached hydrogens (primary N) is 1. The second-order valence-electron chi connectivity index (χ2n) is 5.67. The molecule has 0 amide bonds. The molecule has 0 spiro atoms. The number of nitrogen functional groups attached to an aromatic ring is 1. The summed E-state index contributed by atoms with van der Waals surface area (Å²) >= 11 is 0. The van der Waals surface area contributed by atoms with Crippen LogP contribution in [0.3, 0.4) is 0 Å². The molecule has 0 aromatic carbocycles. The fourth-order valence-electron chi connectivity index (χ4n) is 2.17. The molecule has 0 bridgehead atoms. The van der Waals surface area contributed by atoms with Crippen molar-refractivity contribution in [1.82, 2.24) is 19.9 Å². The number of likely N-dealkylation sites (N-methyl/N-ethyl adjacent to an activating group) is 1. The minimum Gasteiger partial charge on any atom is -0.352 e. The van der Waals surface area contributed by atoms with Crippen molar-refractivity contribution in [2.24, 2.45) is 5.84 Å². The van der Waals surface area contributed by atoms with E-state index in [9.17, 15) is 0 Å². The van der Waals surface area contributed by atoms with Gasteiger partial charge in [0.2, 0.25) is 17.8 Å². The molecule has 1 aliphatic rings. The van der Waals surface area contributed by atoms with Crippen LogP contribution in [-0.2, 0) is 0 Å². The molecule has 1 unspecified atom stereocenters. The van der Waals surface area contributed by atoms with Crippen LogP contribution in [0.4, 0.5) is 17.8 Å². The third kappa shape index (κ3) is 4.40. The van der Waals surface area contributed by atoms with Gasteiger partial charge in [0, 0.05) is 25.7 Å². The molecule has 1 saturated heterocycles. The van der Waals surface area contributed by atoms with Crippen molar-refractivity contribution in [3.05, 3.63) is 0 Å². The number of anilines is 3. The Bertz CT molecular complexity index is 444. The zero-order valence-corrected chi connectivity index (χ0v) is 13.1. The van der Waals surface area contributed by atoms with Crippen molar-refractivity contribution in [2.75, 3.05) is 49.4 Å². The molecule has 118 valence electrons. The van der Waals surface area contributed by atoms with Crippen molar-refractivity contribution >= 4 is 17.8 Å². The average molecular weight is 294 g/mol. The first-order valence-corrected chi connectivity index (χ1v) is 7.48. The maximum absolute atomic E-state index is 5.46. The second-order valence-corrected chi connectivity index (χ2v) is 5.67. The lowest BCUT2D eigenvalue weighted by molar-refractivity contribution is 0.325. The van der Waals surface area contributed by atoms with E-state index in [1.807, 2.05) is 14.1 Å². The molecule has 21 heavy (non-hydrogen) atoms. The van der Waals surface area contributed by atoms with E-state index >= 15 is 0 Å². The molecule has 1 aromatic heterocycles. The van der Waals surface area contributed by atoms with Crippen molar-refractivity contribution < 1.29 is 0 Å². The van der Waals surface area contributed by atoms with Gasteiger partial charge in [-0.05, 0) is 40.3 Å². The molecule has 8 nitrogen and oxygen atoms in total. The molecule has 4 N–H and O–H groups in total. The summed E-state index contributed by atoms with van der Waals surface area (Å²) in [6, 6.07) is 0.384.